The van der Waals surface area contributed by atoms with Crippen molar-refractivity contribution >= 4 is 5.97 Å². The number of carbonyl (C=O) groups is 1. The Balaban J connectivity index is 2.22. The van der Waals surface area contributed by atoms with Crippen LogP contribution in [0, 0.1) is 5.92 Å². The molecule has 0 saturated carbocycles. The molecule has 0 radical (unpaired) electrons. The molecule has 2 unspecified atom stereocenters. The SMILES string of the molecule is C=CC(CCCOCc1ccccc1)C(O)C(=O)OC. The number of aliphatic hydroxyl groups is 1. The summed E-state index contributed by atoms with van der Waals surface area (Å²) in [6.07, 6.45) is 1.82. The molecule has 0 spiro atoms. The maximum atomic E-state index is 11.2. The zero-order valence-electron chi connectivity index (χ0n) is 11.8. The first-order chi connectivity index (χ1) is 9.69. The molecule has 0 aliphatic heterocycles. The third kappa shape index (κ3) is 5.55. The van der Waals surface area contributed by atoms with Crippen LogP contribution in [-0.2, 0) is 20.9 Å². The average Bonchev–Trinajstić information content (AvgIpc) is 2.50. The molecule has 4 nitrogen and oxygen atoms in total. The van der Waals surface area contributed by atoms with Crippen LogP contribution in [-0.4, -0.2) is 30.9 Å². The molecule has 1 aromatic carbocycles. The first-order valence-electron chi connectivity index (χ1n) is 6.69. The average molecular weight is 278 g/mol. The number of carbonyl (C=O) groups excluding carboxylic acids is 1. The Labute approximate surface area is 120 Å². The molecule has 4 heteroatoms. The molecular formula is C16H22O4. The highest BCUT2D eigenvalue weighted by Crippen LogP contribution is 2.14. The van der Waals surface area contributed by atoms with Crippen LogP contribution in [0.1, 0.15) is 18.4 Å². The molecule has 0 aromatic heterocycles. The van der Waals surface area contributed by atoms with Crippen LogP contribution < -0.4 is 0 Å². The van der Waals surface area contributed by atoms with Gasteiger partial charge in [0.2, 0.25) is 0 Å². The molecule has 1 aromatic rings. The Morgan fingerprint density at radius 1 is 1.40 bits per heavy atom. The highest BCUT2D eigenvalue weighted by molar-refractivity contribution is 5.74. The van der Waals surface area contributed by atoms with E-state index in [-0.39, 0.29) is 5.92 Å². The van der Waals surface area contributed by atoms with E-state index >= 15 is 0 Å². The lowest BCUT2D eigenvalue weighted by atomic mass is 9.97. The lowest BCUT2D eigenvalue weighted by molar-refractivity contribution is -0.152. The highest BCUT2D eigenvalue weighted by Gasteiger charge is 2.23. The molecule has 0 bridgehead atoms. The molecule has 0 fully saturated rings. The Hall–Kier alpha value is -1.65. The van der Waals surface area contributed by atoms with Gasteiger partial charge >= 0.3 is 5.97 Å². The maximum absolute atomic E-state index is 11.2. The summed E-state index contributed by atoms with van der Waals surface area (Å²) >= 11 is 0. The summed E-state index contributed by atoms with van der Waals surface area (Å²) in [6, 6.07) is 9.92. The fourth-order valence-electron chi connectivity index (χ4n) is 1.89. The van der Waals surface area contributed by atoms with E-state index in [0.29, 0.717) is 19.6 Å². The zero-order valence-corrected chi connectivity index (χ0v) is 11.8. The van der Waals surface area contributed by atoms with Crippen LogP contribution in [0.3, 0.4) is 0 Å². The lowest BCUT2D eigenvalue weighted by Crippen LogP contribution is -2.29. The highest BCUT2D eigenvalue weighted by atomic mass is 16.5. The Morgan fingerprint density at radius 3 is 2.70 bits per heavy atom. The summed E-state index contributed by atoms with van der Waals surface area (Å²) in [5.74, 6) is -0.928. The fraction of sp³-hybridized carbons (Fsp3) is 0.438. The minimum absolute atomic E-state index is 0.303. The second-order valence-electron chi connectivity index (χ2n) is 4.55. The van der Waals surface area contributed by atoms with Crippen molar-refractivity contribution in [1.82, 2.24) is 0 Å². The first-order valence-corrected chi connectivity index (χ1v) is 6.69. The number of esters is 1. The minimum atomic E-state index is -1.15. The molecule has 0 amide bonds. The molecule has 110 valence electrons. The molecule has 0 heterocycles. The van der Waals surface area contributed by atoms with Gasteiger partial charge in [-0.1, -0.05) is 36.4 Å². The van der Waals surface area contributed by atoms with Crippen molar-refractivity contribution in [3.8, 4) is 0 Å². The number of aliphatic hydroxyl groups excluding tert-OH is 1. The van der Waals surface area contributed by atoms with E-state index in [9.17, 15) is 9.90 Å². The van der Waals surface area contributed by atoms with Crippen LogP contribution in [0.2, 0.25) is 0 Å². The van der Waals surface area contributed by atoms with E-state index in [1.54, 1.807) is 6.08 Å². The third-order valence-corrected chi connectivity index (χ3v) is 3.09. The minimum Gasteiger partial charge on any atom is -0.467 e. The van der Waals surface area contributed by atoms with E-state index in [2.05, 4.69) is 11.3 Å². The molecule has 2 atom stereocenters. The number of rotatable bonds is 9. The molecule has 0 saturated heterocycles. The Kier molecular flexibility index (Phi) is 7.62. The van der Waals surface area contributed by atoms with Crippen molar-refractivity contribution in [2.45, 2.75) is 25.6 Å². The van der Waals surface area contributed by atoms with Gasteiger partial charge in [-0.3, -0.25) is 0 Å². The number of hydrogen-bond donors (Lipinski definition) is 1. The predicted octanol–water partition coefficient (Wildman–Crippen LogP) is 2.32. The smallest absolute Gasteiger partial charge is 0.335 e. The van der Waals surface area contributed by atoms with Gasteiger partial charge in [0, 0.05) is 12.5 Å². The van der Waals surface area contributed by atoms with E-state index in [1.165, 1.54) is 7.11 Å². The standard InChI is InChI=1S/C16H22O4/c1-3-14(15(17)16(18)19-2)10-7-11-20-12-13-8-5-4-6-9-13/h3-6,8-9,14-15,17H,1,7,10-12H2,2H3. The van der Waals surface area contributed by atoms with Gasteiger partial charge in [0.25, 0.3) is 0 Å². The summed E-state index contributed by atoms with van der Waals surface area (Å²) in [4.78, 5) is 11.2. The topological polar surface area (TPSA) is 55.8 Å². The first kappa shape index (κ1) is 16.4. The van der Waals surface area contributed by atoms with Crippen molar-refractivity contribution in [2.75, 3.05) is 13.7 Å². The van der Waals surface area contributed by atoms with Crippen molar-refractivity contribution in [2.24, 2.45) is 5.92 Å². The van der Waals surface area contributed by atoms with E-state index in [1.807, 2.05) is 30.3 Å². The van der Waals surface area contributed by atoms with Gasteiger partial charge in [-0.2, -0.15) is 0 Å². The van der Waals surface area contributed by atoms with Crippen LogP contribution in [0.4, 0.5) is 0 Å². The van der Waals surface area contributed by atoms with Crippen LogP contribution in [0.25, 0.3) is 0 Å². The Morgan fingerprint density at radius 2 is 2.10 bits per heavy atom. The zero-order chi connectivity index (χ0) is 14.8. The normalized spacial score (nSPS) is 13.5. The van der Waals surface area contributed by atoms with Crippen molar-refractivity contribution in [3.05, 3.63) is 48.6 Å². The summed E-state index contributed by atoms with van der Waals surface area (Å²) < 4.78 is 10.1. The van der Waals surface area contributed by atoms with E-state index in [0.717, 1.165) is 12.0 Å². The van der Waals surface area contributed by atoms with Gasteiger partial charge in [0.15, 0.2) is 6.10 Å². The monoisotopic (exact) mass is 278 g/mol. The van der Waals surface area contributed by atoms with Gasteiger partial charge in [-0.15, -0.1) is 6.58 Å². The number of benzene rings is 1. The number of hydrogen-bond acceptors (Lipinski definition) is 4. The molecule has 20 heavy (non-hydrogen) atoms. The van der Waals surface area contributed by atoms with Gasteiger partial charge in [-0.25, -0.2) is 4.79 Å². The molecule has 1 N–H and O–H groups in total. The second-order valence-corrected chi connectivity index (χ2v) is 4.55. The van der Waals surface area contributed by atoms with E-state index < -0.39 is 12.1 Å². The van der Waals surface area contributed by atoms with Crippen LogP contribution >= 0.6 is 0 Å². The number of methoxy groups -OCH3 is 1. The van der Waals surface area contributed by atoms with Crippen molar-refractivity contribution in [3.63, 3.8) is 0 Å². The Bertz CT molecular complexity index is 402. The summed E-state index contributed by atoms with van der Waals surface area (Å²) in [5.41, 5.74) is 1.13. The maximum Gasteiger partial charge on any atom is 0.335 e. The van der Waals surface area contributed by atoms with Crippen molar-refractivity contribution < 1.29 is 19.4 Å². The van der Waals surface area contributed by atoms with Gasteiger partial charge in [0.05, 0.1) is 13.7 Å². The van der Waals surface area contributed by atoms with Crippen molar-refractivity contribution in [1.29, 1.82) is 0 Å². The van der Waals surface area contributed by atoms with Gasteiger partial charge in [-0.05, 0) is 18.4 Å². The molecular weight excluding hydrogens is 256 g/mol. The fourth-order valence-corrected chi connectivity index (χ4v) is 1.89. The van der Waals surface area contributed by atoms with Gasteiger partial charge < -0.3 is 14.6 Å². The van der Waals surface area contributed by atoms with Crippen LogP contribution in [0.15, 0.2) is 43.0 Å². The molecule has 1 rings (SSSR count). The number of ether oxygens (including phenoxy) is 2. The van der Waals surface area contributed by atoms with E-state index in [4.69, 9.17) is 4.74 Å². The summed E-state index contributed by atoms with van der Waals surface area (Å²) in [5, 5.41) is 9.73. The van der Waals surface area contributed by atoms with Crippen LogP contribution in [0.5, 0.6) is 0 Å². The van der Waals surface area contributed by atoms with Gasteiger partial charge in [0.1, 0.15) is 0 Å². The largest absolute Gasteiger partial charge is 0.467 e. The third-order valence-electron chi connectivity index (χ3n) is 3.09. The summed E-state index contributed by atoms with van der Waals surface area (Å²) in [7, 11) is 1.26. The lowest BCUT2D eigenvalue weighted by Gasteiger charge is -2.17. The summed E-state index contributed by atoms with van der Waals surface area (Å²) in [6.45, 7) is 4.78. The molecule has 0 aliphatic rings. The second kappa shape index (κ2) is 9.28. The quantitative estimate of drug-likeness (QED) is 0.428. The molecule has 0 aliphatic carbocycles. The predicted molar refractivity (Wildman–Crippen MR) is 77.0 cm³/mol.